The summed E-state index contributed by atoms with van der Waals surface area (Å²) in [6.45, 7) is 3.63. The second-order valence-corrected chi connectivity index (χ2v) is 6.58. The van der Waals surface area contributed by atoms with Gasteiger partial charge in [0.15, 0.2) is 0 Å². The number of aliphatic hydroxyl groups is 1. The van der Waals surface area contributed by atoms with E-state index in [1.54, 1.807) is 19.2 Å². The normalized spacial score (nSPS) is 15.4. The van der Waals surface area contributed by atoms with Crippen LogP contribution in [-0.2, 0) is 11.8 Å². The Bertz CT molecular complexity index is 818. The zero-order chi connectivity index (χ0) is 20.9. The molecule has 0 aliphatic heterocycles. The number of halogens is 3. The second kappa shape index (κ2) is 8.52. The number of ether oxygens (including phenoxy) is 1. The average molecular weight is 393 g/mol. The van der Waals surface area contributed by atoms with Crippen LogP contribution in [0.3, 0.4) is 0 Å². The zero-order valence-electron chi connectivity index (χ0n) is 15.7. The predicted octanol–water partition coefficient (Wildman–Crippen LogP) is 4.70. The van der Waals surface area contributed by atoms with Gasteiger partial charge in [0.05, 0.1) is 23.4 Å². The van der Waals surface area contributed by atoms with Crippen LogP contribution in [0.1, 0.15) is 25.1 Å². The van der Waals surface area contributed by atoms with Crippen molar-refractivity contribution < 1.29 is 23.0 Å². The van der Waals surface area contributed by atoms with Gasteiger partial charge in [-0.3, -0.25) is 4.98 Å². The molecule has 0 aliphatic rings. The Hall–Kier alpha value is -2.74. The number of rotatable bonds is 7. The van der Waals surface area contributed by atoms with Gasteiger partial charge in [-0.2, -0.15) is 13.2 Å². The first-order chi connectivity index (χ1) is 13.1. The van der Waals surface area contributed by atoms with Crippen molar-refractivity contribution in [1.29, 1.82) is 5.41 Å². The van der Waals surface area contributed by atoms with Crippen molar-refractivity contribution >= 4 is 12.4 Å². The minimum atomic E-state index is -4.41. The number of hydrogen-bond donors (Lipinski definition) is 2. The van der Waals surface area contributed by atoms with Crippen molar-refractivity contribution in [3.8, 4) is 11.5 Å². The Morgan fingerprint density at radius 2 is 1.71 bits per heavy atom. The quantitative estimate of drug-likeness (QED) is 0.669. The molecule has 2 N–H and O–H groups in total. The van der Waals surface area contributed by atoms with Crippen molar-refractivity contribution in [3.05, 3.63) is 53.9 Å². The molecule has 0 aliphatic carbocycles. The monoisotopic (exact) mass is 393 g/mol. The summed E-state index contributed by atoms with van der Waals surface area (Å²) in [5.41, 5.74) is -1.85. The molecule has 1 heterocycles. The maximum Gasteiger partial charge on any atom is 0.416 e. The molecular weight excluding hydrogens is 371 g/mol. The Morgan fingerprint density at radius 3 is 2.14 bits per heavy atom. The number of aliphatic imine (C=N–C) groups is 1. The Morgan fingerprint density at radius 1 is 1.11 bits per heavy atom. The fourth-order valence-electron chi connectivity index (χ4n) is 2.82. The van der Waals surface area contributed by atoms with Crippen molar-refractivity contribution in [2.75, 3.05) is 7.05 Å². The first-order valence-electron chi connectivity index (χ1n) is 8.59. The van der Waals surface area contributed by atoms with Crippen molar-refractivity contribution in [3.63, 3.8) is 0 Å². The van der Waals surface area contributed by atoms with E-state index in [1.165, 1.54) is 24.5 Å². The van der Waals surface area contributed by atoms with Gasteiger partial charge in [0, 0.05) is 19.5 Å². The largest absolute Gasteiger partial charge is 0.456 e. The molecule has 0 saturated heterocycles. The SMILES string of the molecule is CN=CC(C=N)C(O)(c1ccc(Oc2ccc(C(F)(F)F)cc2)cn1)C(C)C. The van der Waals surface area contributed by atoms with Gasteiger partial charge in [0.1, 0.15) is 17.1 Å². The molecule has 0 spiro atoms. The lowest BCUT2D eigenvalue weighted by Gasteiger charge is -2.35. The molecule has 0 bridgehead atoms. The van der Waals surface area contributed by atoms with E-state index < -0.39 is 23.3 Å². The summed E-state index contributed by atoms with van der Waals surface area (Å²) >= 11 is 0. The first kappa shape index (κ1) is 21.6. The molecule has 0 amide bonds. The molecule has 0 radical (unpaired) electrons. The molecule has 150 valence electrons. The van der Waals surface area contributed by atoms with Crippen LogP contribution in [0.2, 0.25) is 0 Å². The van der Waals surface area contributed by atoms with Gasteiger partial charge in [0.2, 0.25) is 0 Å². The Balaban J connectivity index is 2.25. The van der Waals surface area contributed by atoms with Crippen LogP contribution >= 0.6 is 0 Å². The fourth-order valence-corrected chi connectivity index (χ4v) is 2.82. The number of nitrogens with one attached hydrogen (secondary N) is 1. The van der Waals surface area contributed by atoms with Gasteiger partial charge < -0.3 is 20.2 Å². The topological polar surface area (TPSA) is 78.6 Å². The summed E-state index contributed by atoms with van der Waals surface area (Å²) in [6, 6.07) is 7.46. The molecule has 0 fully saturated rings. The van der Waals surface area contributed by atoms with E-state index in [-0.39, 0.29) is 11.7 Å². The highest BCUT2D eigenvalue weighted by Gasteiger charge is 2.41. The molecule has 1 aromatic carbocycles. The molecule has 8 heteroatoms. The second-order valence-electron chi connectivity index (χ2n) is 6.58. The molecule has 0 saturated carbocycles. The van der Waals surface area contributed by atoms with E-state index in [2.05, 4.69) is 9.98 Å². The number of aromatic nitrogens is 1. The average Bonchev–Trinajstić information content (AvgIpc) is 2.65. The van der Waals surface area contributed by atoms with Crippen LogP contribution in [-0.4, -0.2) is 29.6 Å². The summed E-state index contributed by atoms with van der Waals surface area (Å²) in [7, 11) is 1.56. The Kier molecular flexibility index (Phi) is 6.56. The van der Waals surface area contributed by atoms with Crippen LogP contribution in [0.25, 0.3) is 0 Å². The van der Waals surface area contributed by atoms with Crippen molar-refractivity contribution in [2.45, 2.75) is 25.6 Å². The van der Waals surface area contributed by atoms with Gasteiger partial charge in [-0.05, 0) is 42.3 Å². The number of hydrogen-bond acceptors (Lipinski definition) is 5. The van der Waals surface area contributed by atoms with E-state index in [1.807, 2.05) is 13.8 Å². The van der Waals surface area contributed by atoms with Gasteiger partial charge in [-0.15, -0.1) is 0 Å². The van der Waals surface area contributed by atoms with Crippen LogP contribution in [0.5, 0.6) is 11.5 Å². The molecular formula is C20H22F3N3O2. The molecule has 1 aromatic heterocycles. The predicted molar refractivity (Wildman–Crippen MR) is 101 cm³/mol. The summed E-state index contributed by atoms with van der Waals surface area (Å²) in [5.74, 6) is -0.375. The van der Waals surface area contributed by atoms with Gasteiger partial charge >= 0.3 is 6.18 Å². The van der Waals surface area contributed by atoms with Crippen molar-refractivity contribution in [1.82, 2.24) is 4.98 Å². The molecule has 2 aromatic rings. The minimum absolute atomic E-state index is 0.233. The molecule has 2 atom stereocenters. The summed E-state index contributed by atoms with van der Waals surface area (Å²) in [5, 5.41) is 18.8. The van der Waals surface area contributed by atoms with Gasteiger partial charge in [0.25, 0.3) is 0 Å². The standard InChI is InChI=1S/C20H22F3N3O2/c1-13(2)19(27,15(10-24)11-25-3)18-9-8-17(12-26-18)28-16-6-4-14(5-7-16)20(21,22)23/h4-13,15,24,27H,1-3H3. The van der Waals surface area contributed by atoms with Crippen LogP contribution in [0, 0.1) is 17.2 Å². The third-order valence-electron chi connectivity index (χ3n) is 4.44. The minimum Gasteiger partial charge on any atom is -0.456 e. The Labute approximate surface area is 161 Å². The van der Waals surface area contributed by atoms with E-state index in [4.69, 9.17) is 10.1 Å². The highest BCUT2D eigenvalue weighted by molar-refractivity contribution is 5.84. The van der Waals surface area contributed by atoms with E-state index in [9.17, 15) is 18.3 Å². The number of benzene rings is 1. The summed E-state index contributed by atoms with van der Waals surface area (Å²) in [6.07, 6.45) is -0.427. The van der Waals surface area contributed by atoms with Gasteiger partial charge in [-0.1, -0.05) is 13.8 Å². The summed E-state index contributed by atoms with van der Waals surface area (Å²) in [4.78, 5) is 8.17. The van der Waals surface area contributed by atoms with Crippen LogP contribution in [0.4, 0.5) is 13.2 Å². The van der Waals surface area contributed by atoms with E-state index >= 15 is 0 Å². The fraction of sp³-hybridized carbons (Fsp3) is 0.350. The third kappa shape index (κ3) is 4.56. The van der Waals surface area contributed by atoms with Crippen molar-refractivity contribution in [2.24, 2.45) is 16.8 Å². The molecule has 28 heavy (non-hydrogen) atoms. The third-order valence-corrected chi connectivity index (χ3v) is 4.44. The number of pyridine rings is 1. The molecule has 2 unspecified atom stereocenters. The highest BCUT2D eigenvalue weighted by Crippen LogP contribution is 2.36. The first-order valence-corrected chi connectivity index (χ1v) is 8.59. The lowest BCUT2D eigenvalue weighted by molar-refractivity contribution is -0.137. The molecule has 2 rings (SSSR count). The number of nitrogens with zero attached hydrogens (tertiary/aromatic N) is 2. The maximum absolute atomic E-state index is 12.6. The van der Waals surface area contributed by atoms with E-state index in [0.29, 0.717) is 11.4 Å². The lowest BCUT2D eigenvalue weighted by Crippen LogP contribution is -2.42. The molecule has 5 nitrogen and oxygen atoms in total. The highest BCUT2D eigenvalue weighted by atomic mass is 19.4. The van der Waals surface area contributed by atoms with Gasteiger partial charge in [-0.25, -0.2) is 0 Å². The van der Waals surface area contributed by atoms with Crippen LogP contribution < -0.4 is 4.74 Å². The number of alkyl halides is 3. The maximum atomic E-state index is 12.6. The van der Waals surface area contributed by atoms with Crippen LogP contribution in [0.15, 0.2) is 47.6 Å². The summed E-state index contributed by atoms with van der Waals surface area (Å²) < 4.78 is 43.4. The smallest absolute Gasteiger partial charge is 0.416 e. The van der Waals surface area contributed by atoms with E-state index in [0.717, 1.165) is 18.3 Å². The zero-order valence-corrected chi connectivity index (χ0v) is 15.7. The lowest BCUT2D eigenvalue weighted by atomic mass is 9.77.